The molecule has 3 aromatic rings. The molecule has 25 heavy (non-hydrogen) atoms. The lowest BCUT2D eigenvalue weighted by molar-refractivity contribution is -0.127. The number of nitrogens with one attached hydrogen (secondary N) is 1. The summed E-state index contributed by atoms with van der Waals surface area (Å²) in [5, 5.41) is 4.24. The largest absolute Gasteiger partial charge is 0.481 e. The molecule has 5 nitrogen and oxygen atoms in total. The summed E-state index contributed by atoms with van der Waals surface area (Å²) in [6.45, 7) is 2.04. The van der Waals surface area contributed by atoms with Crippen molar-refractivity contribution in [2.24, 2.45) is 0 Å². The molecule has 0 radical (unpaired) electrons. The summed E-state index contributed by atoms with van der Waals surface area (Å²) in [6, 6.07) is 15.4. The first-order chi connectivity index (χ1) is 12.0. The average Bonchev–Trinajstić information content (AvgIpc) is 2.60. The minimum Gasteiger partial charge on any atom is -0.481 e. The van der Waals surface area contributed by atoms with Crippen molar-refractivity contribution in [1.82, 2.24) is 5.32 Å². The quantitative estimate of drug-likeness (QED) is 0.709. The van der Waals surface area contributed by atoms with Gasteiger partial charge in [-0.1, -0.05) is 23.7 Å². The summed E-state index contributed by atoms with van der Waals surface area (Å²) in [6.07, 6.45) is -0.694. The molecular formula is C19H16ClNO4. The molecule has 0 saturated heterocycles. The van der Waals surface area contributed by atoms with Gasteiger partial charge in [0.05, 0.1) is 0 Å². The van der Waals surface area contributed by atoms with Gasteiger partial charge >= 0.3 is 5.63 Å². The van der Waals surface area contributed by atoms with Crippen molar-refractivity contribution in [2.75, 3.05) is 0 Å². The first-order valence-electron chi connectivity index (χ1n) is 7.74. The molecule has 0 aliphatic heterocycles. The zero-order valence-electron chi connectivity index (χ0n) is 13.5. The van der Waals surface area contributed by atoms with Crippen LogP contribution in [0.25, 0.3) is 11.0 Å². The highest BCUT2D eigenvalue weighted by atomic mass is 35.5. The van der Waals surface area contributed by atoms with Gasteiger partial charge in [-0.05, 0) is 42.8 Å². The van der Waals surface area contributed by atoms with Crippen LogP contribution in [0.3, 0.4) is 0 Å². The minimum absolute atomic E-state index is 0.246. The van der Waals surface area contributed by atoms with Crippen molar-refractivity contribution in [3.05, 3.63) is 75.6 Å². The molecule has 3 rings (SSSR count). The smallest absolute Gasteiger partial charge is 0.336 e. The Labute approximate surface area is 149 Å². The Kier molecular flexibility index (Phi) is 5.05. The van der Waals surface area contributed by atoms with E-state index < -0.39 is 11.7 Å². The number of benzene rings is 2. The van der Waals surface area contributed by atoms with Gasteiger partial charge in [0.1, 0.15) is 11.3 Å². The molecule has 0 bridgehead atoms. The molecule has 1 N–H and O–H groups in total. The zero-order chi connectivity index (χ0) is 17.8. The Hall–Kier alpha value is -2.79. The molecule has 0 fully saturated rings. The number of ether oxygens (including phenoxy) is 1. The van der Waals surface area contributed by atoms with Crippen LogP contribution in [-0.2, 0) is 11.3 Å². The van der Waals surface area contributed by atoms with Gasteiger partial charge in [0.15, 0.2) is 6.10 Å². The molecular weight excluding hydrogens is 342 g/mol. The number of carbonyl (C=O) groups is 1. The van der Waals surface area contributed by atoms with Gasteiger partial charge < -0.3 is 14.5 Å². The molecule has 0 aliphatic rings. The van der Waals surface area contributed by atoms with Crippen molar-refractivity contribution >= 4 is 28.5 Å². The minimum atomic E-state index is -0.694. The van der Waals surface area contributed by atoms with E-state index in [1.54, 1.807) is 43.3 Å². The standard InChI is InChI=1S/C19H16ClNO4/c1-12(19(23)21-11-13-2-6-15(20)7-3-13)24-16-8-4-14-5-9-18(22)25-17(14)10-16/h2-10,12H,11H2,1H3,(H,21,23)/t12-/m1/s1. The predicted molar refractivity (Wildman–Crippen MR) is 95.9 cm³/mol. The Morgan fingerprint density at radius 2 is 1.88 bits per heavy atom. The predicted octanol–water partition coefficient (Wildman–Crippen LogP) is 3.53. The van der Waals surface area contributed by atoms with Crippen molar-refractivity contribution in [3.8, 4) is 5.75 Å². The van der Waals surface area contributed by atoms with Gasteiger partial charge in [-0.15, -0.1) is 0 Å². The van der Waals surface area contributed by atoms with E-state index in [2.05, 4.69) is 5.32 Å². The van der Waals surface area contributed by atoms with Gasteiger partial charge in [-0.25, -0.2) is 4.79 Å². The van der Waals surface area contributed by atoms with Gasteiger partial charge in [0, 0.05) is 29.1 Å². The third-order valence-electron chi connectivity index (χ3n) is 3.66. The lowest BCUT2D eigenvalue weighted by atomic mass is 10.2. The van der Waals surface area contributed by atoms with E-state index in [1.165, 1.54) is 6.07 Å². The SMILES string of the molecule is C[C@@H](Oc1ccc2ccc(=O)oc2c1)C(=O)NCc1ccc(Cl)cc1. The fraction of sp³-hybridized carbons (Fsp3) is 0.158. The average molecular weight is 358 g/mol. The Balaban J connectivity index is 1.62. The monoisotopic (exact) mass is 357 g/mol. The summed E-state index contributed by atoms with van der Waals surface area (Å²) in [5.41, 5.74) is 0.926. The summed E-state index contributed by atoms with van der Waals surface area (Å²) in [5.74, 6) is 0.209. The maximum atomic E-state index is 12.2. The third-order valence-corrected chi connectivity index (χ3v) is 3.91. The number of fused-ring (bicyclic) bond motifs is 1. The fourth-order valence-corrected chi connectivity index (χ4v) is 2.43. The Morgan fingerprint density at radius 1 is 1.16 bits per heavy atom. The molecule has 1 aromatic heterocycles. The first kappa shape index (κ1) is 17.0. The number of rotatable bonds is 5. The summed E-state index contributed by atoms with van der Waals surface area (Å²) in [4.78, 5) is 23.5. The molecule has 1 atom stereocenters. The van der Waals surface area contributed by atoms with Crippen LogP contribution in [0.4, 0.5) is 0 Å². The van der Waals surface area contributed by atoms with Crippen molar-refractivity contribution in [1.29, 1.82) is 0 Å². The van der Waals surface area contributed by atoms with Crippen LogP contribution in [0.2, 0.25) is 5.02 Å². The second-order valence-electron chi connectivity index (χ2n) is 5.56. The highest BCUT2D eigenvalue weighted by molar-refractivity contribution is 6.30. The zero-order valence-corrected chi connectivity index (χ0v) is 14.2. The van der Waals surface area contributed by atoms with Crippen LogP contribution in [0.15, 0.2) is 63.8 Å². The normalized spacial score (nSPS) is 11.9. The maximum absolute atomic E-state index is 12.2. The molecule has 0 saturated carbocycles. The lowest BCUT2D eigenvalue weighted by Gasteiger charge is -2.15. The number of amides is 1. The number of halogens is 1. The van der Waals surface area contributed by atoms with Crippen LogP contribution in [0.1, 0.15) is 12.5 Å². The molecule has 6 heteroatoms. The fourth-order valence-electron chi connectivity index (χ4n) is 2.31. The highest BCUT2D eigenvalue weighted by Crippen LogP contribution is 2.20. The van der Waals surface area contributed by atoms with E-state index in [0.717, 1.165) is 10.9 Å². The van der Waals surface area contributed by atoms with Crippen molar-refractivity contribution in [3.63, 3.8) is 0 Å². The van der Waals surface area contributed by atoms with Gasteiger partial charge in [-0.3, -0.25) is 4.79 Å². The topological polar surface area (TPSA) is 68.5 Å². The van der Waals surface area contributed by atoms with Crippen molar-refractivity contribution in [2.45, 2.75) is 19.6 Å². The van der Waals surface area contributed by atoms with Crippen LogP contribution >= 0.6 is 11.6 Å². The third kappa shape index (κ3) is 4.39. The van der Waals surface area contributed by atoms with Crippen LogP contribution in [0, 0.1) is 0 Å². The van der Waals surface area contributed by atoms with E-state index in [1.807, 2.05) is 12.1 Å². The first-order valence-corrected chi connectivity index (χ1v) is 8.12. The second kappa shape index (κ2) is 7.40. The van der Waals surface area contributed by atoms with Gasteiger partial charge in [-0.2, -0.15) is 0 Å². The Bertz CT molecular complexity index is 950. The summed E-state index contributed by atoms with van der Waals surface area (Å²) >= 11 is 5.83. The van der Waals surface area contributed by atoms with E-state index >= 15 is 0 Å². The van der Waals surface area contributed by atoms with E-state index in [4.69, 9.17) is 20.8 Å². The molecule has 0 aliphatic carbocycles. The van der Waals surface area contributed by atoms with Crippen molar-refractivity contribution < 1.29 is 13.9 Å². The lowest BCUT2D eigenvalue weighted by Crippen LogP contribution is -2.35. The van der Waals surface area contributed by atoms with E-state index in [0.29, 0.717) is 22.9 Å². The second-order valence-corrected chi connectivity index (χ2v) is 5.99. The van der Waals surface area contributed by atoms with Crippen LogP contribution < -0.4 is 15.7 Å². The molecule has 1 amide bonds. The highest BCUT2D eigenvalue weighted by Gasteiger charge is 2.14. The molecule has 1 heterocycles. The molecule has 0 unspecified atom stereocenters. The number of hydrogen-bond acceptors (Lipinski definition) is 4. The maximum Gasteiger partial charge on any atom is 0.336 e. The summed E-state index contributed by atoms with van der Waals surface area (Å²) < 4.78 is 10.7. The number of hydrogen-bond donors (Lipinski definition) is 1. The molecule has 2 aromatic carbocycles. The van der Waals surface area contributed by atoms with Crippen LogP contribution in [-0.4, -0.2) is 12.0 Å². The molecule has 128 valence electrons. The molecule has 0 spiro atoms. The Morgan fingerprint density at radius 3 is 2.64 bits per heavy atom. The van der Waals surface area contributed by atoms with E-state index in [9.17, 15) is 9.59 Å². The van der Waals surface area contributed by atoms with Crippen LogP contribution in [0.5, 0.6) is 5.75 Å². The van der Waals surface area contributed by atoms with E-state index in [-0.39, 0.29) is 5.91 Å². The summed E-state index contributed by atoms with van der Waals surface area (Å²) in [7, 11) is 0. The van der Waals surface area contributed by atoms with Gasteiger partial charge in [0.25, 0.3) is 5.91 Å². The number of carbonyl (C=O) groups excluding carboxylic acids is 1. The van der Waals surface area contributed by atoms with Gasteiger partial charge in [0.2, 0.25) is 0 Å².